The van der Waals surface area contributed by atoms with Gasteiger partial charge in [-0.15, -0.1) is 0 Å². The molecule has 2 aromatic carbocycles. The first-order valence-corrected chi connectivity index (χ1v) is 10.2. The van der Waals surface area contributed by atoms with Gasteiger partial charge >= 0.3 is 0 Å². The average molecular weight is 390 g/mol. The Kier molecular flexibility index (Phi) is 4.95. The minimum Gasteiger partial charge on any atom is -0.273 e. The Morgan fingerprint density at radius 1 is 1.08 bits per heavy atom. The standard InChI is InChI=1S/C20H20ClNO3S/c1-20(2,16-8-5-9-17(21)13-16)19(23)22-26(24,25)18-11-10-14-6-3-4-7-15(14)12-18/h3-9,12-13H,10-11H2,1-2H3,(H,22,23). The van der Waals surface area contributed by atoms with Crippen molar-refractivity contribution in [3.05, 3.63) is 75.1 Å². The molecule has 0 bridgehead atoms. The van der Waals surface area contributed by atoms with Crippen molar-refractivity contribution in [2.24, 2.45) is 0 Å². The first-order chi connectivity index (χ1) is 12.2. The first kappa shape index (κ1) is 18.7. The predicted octanol–water partition coefficient (Wildman–Crippen LogP) is 4.05. The Bertz CT molecular complexity index is 994. The molecule has 0 atom stereocenters. The maximum Gasteiger partial charge on any atom is 0.260 e. The van der Waals surface area contributed by atoms with Crippen molar-refractivity contribution in [3.63, 3.8) is 0 Å². The number of carbonyl (C=O) groups is 1. The second-order valence-electron chi connectivity index (χ2n) is 6.88. The molecular weight excluding hydrogens is 370 g/mol. The van der Waals surface area contributed by atoms with Crippen molar-refractivity contribution < 1.29 is 13.2 Å². The van der Waals surface area contributed by atoms with E-state index in [1.807, 2.05) is 24.3 Å². The molecule has 0 spiro atoms. The molecule has 1 aliphatic carbocycles. The van der Waals surface area contributed by atoms with Crippen LogP contribution in [0.1, 0.15) is 37.0 Å². The monoisotopic (exact) mass is 389 g/mol. The lowest BCUT2D eigenvalue weighted by atomic mass is 9.84. The van der Waals surface area contributed by atoms with Crippen molar-refractivity contribution in [1.82, 2.24) is 4.72 Å². The van der Waals surface area contributed by atoms with Gasteiger partial charge in [0.25, 0.3) is 10.0 Å². The van der Waals surface area contributed by atoms with E-state index in [1.165, 1.54) is 0 Å². The molecule has 2 aromatic rings. The summed E-state index contributed by atoms with van der Waals surface area (Å²) in [5, 5.41) is 0.498. The zero-order valence-electron chi connectivity index (χ0n) is 14.6. The molecule has 0 aromatic heterocycles. The number of hydrogen-bond acceptors (Lipinski definition) is 3. The second-order valence-corrected chi connectivity index (χ2v) is 9.05. The summed E-state index contributed by atoms with van der Waals surface area (Å²) in [4.78, 5) is 12.9. The minimum atomic E-state index is -3.90. The fraction of sp³-hybridized carbons (Fsp3) is 0.250. The van der Waals surface area contributed by atoms with Crippen molar-refractivity contribution in [2.45, 2.75) is 32.1 Å². The Balaban J connectivity index is 1.86. The lowest BCUT2D eigenvalue weighted by Crippen LogP contribution is -2.43. The molecule has 6 heteroatoms. The number of carbonyl (C=O) groups excluding carboxylic acids is 1. The number of rotatable bonds is 4. The third kappa shape index (κ3) is 3.69. The highest BCUT2D eigenvalue weighted by molar-refractivity contribution is 7.94. The highest BCUT2D eigenvalue weighted by Gasteiger charge is 2.34. The van der Waals surface area contributed by atoms with Gasteiger partial charge < -0.3 is 0 Å². The highest BCUT2D eigenvalue weighted by Crippen LogP contribution is 2.29. The van der Waals surface area contributed by atoms with Gasteiger partial charge in [-0.25, -0.2) is 13.1 Å². The zero-order chi connectivity index (χ0) is 18.9. The third-order valence-electron chi connectivity index (χ3n) is 4.70. The normalized spacial score (nSPS) is 14.3. The van der Waals surface area contributed by atoms with Gasteiger partial charge in [0.05, 0.1) is 10.3 Å². The van der Waals surface area contributed by atoms with Crippen molar-refractivity contribution in [2.75, 3.05) is 0 Å². The molecule has 0 heterocycles. The first-order valence-electron chi connectivity index (χ1n) is 8.32. The van der Waals surface area contributed by atoms with Gasteiger partial charge in [0, 0.05) is 5.02 Å². The van der Waals surface area contributed by atoms with E-state index in [9.17, 15) is 13.2 Å². The van der Waals surface area contributed by atoms with Crippen LogP contribution in [0.15, 0.2) is 53.4 Å². The Morgan fingerprint density at radius 3 is 2.54 bits per heavy atom. The predicted molar refractivity (Wildman–Crippen MR) is 104 cm³/mol. The number of halogens is 1. The number of allylic oxidation sites excluding steroid dienone is 1. The van der Waals surface area contributed by atoms with Gasteiger partial charge in [-0.1, -0.05) is 48.0 Å². The summed E-state index contributed by atoms with van der Waals surface area (Å²) < 4.78 is 27.7. The molecule has 136 valence electrons. The Hall–Kier alpha value is -2.11. The molecule has 26 heavy (non-hydrogen) atoms. The number of benzene rings is 2. The molecule has 0 saturated heterocycles. The van der Waals surface area contributed by atoms with E-state index in [1.54, 1.807) is 44.2 Å². The average Bonchev–Trinajstić information content (AvgIpc) is 2.61. The molecule has 0 radical (unpaired) electrons. The van der Waals surface area contributed by atoms with E-state index in [0.717, 1.165) is 11.1 Å². The van der Waals surface area contributed by atoms with Gasteiger partial charge in [-0.2, -0.15) is 0 Å². The molecule has 0 fully saturated rings. The molecule has 0 unspecified atom stereocenters. The fourth-order valence-corrected chi connectivity index (χ4v) is 4.42. The number of fused-ring (bicyclic) bond motifs is 1. The smallest absolute Gasteiger partial charge is 0.260 e. The van der Waals surface area contributed by atoms with Crippen LogP contribution in [0.25, 0.3) is 6.08 Å². The number of sulfonamides is 1. The van der Waals surface area contributed by atoms with Crippen LogP contribution in [0.3, 0.4) is 0 Å². The largest absolute Gasteiger partial charge is 0.273 e. The maximum atomic E-state index is 12.7. The lowest BCUT2D eigenvalue weighted by Gasteiger charge is -2.25. The van der Waals surface area contributed by atoms with E-state index >= 15 is 0 Å². The van der Waals surface area contributed by atoms with Gasteiger partial charge in [0.1, 0.15) is 0 Å². The molecule has 4 nitrogen and oxygen atoms in total. The van der Waals surface area contributed by atoms with Crippen LogP contribution < -0.4 is 4.72 Å². The Morgan fingerprint density at radius 2 is 1.81 bits per heavy atom. The van der Waals surface area contributed by atoms with Crippen molar-refractivity contribution in [1.29, 1.82) is 0 Å². The van der Waals surface area contributed by atoms with E-state index in [-0.39, 0.29) is 4.91 Å². The van der Waals surface area contributed by atoms with Crippen LogP contribution in [-0.2, 0) is 26.7 Å². The quantitative estimate of drug-likeness (QED) is 0.857. The highest BCUT2D eigenvalue weighted by atomic mass is 35.5. The number of hydrogen-bond donors (Lipinski definition) is 1. The summed E-state index contributed by atoms with van der Waals surface area (Å²) in [5.41, 5.74) is 1.60. The molecular formula is C20H20ClNO3S. The fourth-order valence-electron chi connectivity index (χ4n) is 2.94. The molecule has 1 amide bonds. The van der Waals surface area contributed by atoms with Crippen LogP contribution >= 0.6 is 11.6 Å². The van der Waals surface area contributed by atoms with Gasteiger partial charge in [0.2, 0.25) is 5.91 Å². The second kappa shape index (κ2) is 6.89. The van der Waals surface area contributed by atoms with Gasteiger partial charge in [-0.05, 0) is 61.6 Å². The van der Waals surface area contributed by atoms with Crippen LogP contribution in [0.4, 0.5) is 0 Å². The van der Waals surface area contributed by atoms with Crippen LogP contribution in [0.2, 0.25) is 5.02 Å². The molecule has 1 aliphatic rings. The SMILES string of the molecule is CC(C)(C(=O)NS(=O)(=O)C1=Cc2ccccc2CC1)c1cccc(Cl)c1. The number of amides is 1. The lowest BCUT2D eigenvalue weighted by molar-refractivity contribution is -0.123. The number of nitrogens with one attached hydrogen (secondary N) is 1. The topological polar surface area (TPSA) is 63.2 Å². The molecule has 3 rings (SSSR count). The van der Waals surface area contributed by atoms with E-state index < -0.39 is 21.3 Å². The molecule has 0 saturated carbocycles. The summed E-state index contributed by atoms with van der Waals surface area (Å²) in [6.45, 7) is 3.35. The summed E-state index contributed by atoms with van der Waals surface area (Å²) in [5.74, 6) is -0.584. The van der Waals surface area contributed by atoms with Crippen molar-refractivity contribution in [3.8, 4) is 0 Å². The van der Waals surface area contributed by atoms with Gasteiger partial charge in [-0.3, -0.25) is 4.79 Å². The van der Waals surface area contributed by atoms with Crippen LogP contribution in [0.5, 0.6) is 0 Å². The van der Waals surface area contributed by atoms with E-state index in [4.69, 9.17) is 11.6 Å². The summed E-state index contributed by atoms with van der Waals surface area (Å²) >= 11 is 6.00. The van der Waals surface area contributed by atoms with E-state index in [2.05, 4.69) is 4.72 Å². The summed E-state index contributed by atoms with van der Waals surface area (Å²) in [7, 11) is -3.90. The minimum absolute atomic E-state index is 0.228. The van der Waals surface area contributed by atoms with Gasteiger partial charge in [0.15, 0.2) is 0 Å². The number of aryl methyl sites for hydroxylation is 1. The maximum absolute atomic E-state index is 12.7. The molecule has 1 N–H and O–H groups in total. The Labute approximate surface area is 158 Å². The van der Waals surface area contributed by atoms with E-state index in [0.29, 0.717) is 23.4 Å². The van der Waals surface area contributed by atoms with Crippen LogP contribution in [0, 0.1) is 0 Å². The third-order valence-corrected chi connectivity index (χ3v) is 6.40. The zero-order valence-corrected chi connectivity index (χ0v) is 16.2. The summed E-state index contributed by atoms with van der Waals surface area (Å²) in [6, 6.07) is 14.5. The summed E-state index contributed by atoms with van der Waals surface area (Å²) in [6.07, 6.45) is 2.65. The van der Waals surface area contributed by atoms with Crippen molar-refractivity contribution >= 4 is 33.6 Å². The molecule has 0 aliphatic heterocycles. The van der Waals surface area contributed by atoms with Crippen LogP contribution in [-0.4, -0.2) is 14.3 Å².